The lowest BCUT2D eigenvalue weighted by molar-refractivity contribution is 0.571. The molecule has 100 valence electrons. The van der Waals surface area contributed by atoms with E-state index in [1.165, 1.54) is 0 Å². The monoisotopic (exact) mass is 268 g/mol. The van der Waals surface area contributed by atoms with Crippen LogP contribution in [0.2, 0.25) is 0 Å². The second-order valence-corrected chi connectivity index (χ2v) is 7.13. The predicted octanol–water partition coefficient (Wildman–Crippen LogP) is 1.36. The Hall–Kier alpha value is -1.07. The molecule has 5 heteroatoms. The quantitative estimate of drug-likeness (QED) is 0.879. The minimum Gasteiger partial charge on any atom is -0.368 e. The molecule has 0 aromatic heterocycles. The van der Waals surface area contributed by atoms with Crippen molar-refractivity contribution >= 4 is 15.5 Å². The van der Waals surface area contributed by atoms with Gasteiger partial charge in [-0.3, -0.25) is 0 Å². The summed E-state index contributed by atoms with van der Waals surface area (Å²) in [5, 5.41) is 0. The zero-order valence-electron chi connectivity index (χ0n) is 11.1. The van der Waals surface area contributed by atoms with Gasteiger partial charge < -0.3 is 10.6 Å². The zero-order chi connectivity index (χ0) is 13.5. The van der Waals surface area contributed by atoms with E-state index in [0.29, 0.717) is 11.4 Å². The second-order valence-electron chi connectivity index (χ2n) is 5.13. The van der Waals surface area contributed by atoms with Crippen molar-refractivity contribution in [1.29, 1.82) is 0 Å². The molecule has 0 fully saturated rings. The third-order valence-electron chi connectivity index (χ3n) is 3.57. The molecule has 0 radical (unpaired) electrons. The Morgan fingerprint density at radius 2 is 2.11 bits per heavy atom. The summed E-state index contributed by atoms with van der Waals surface area (Å²) in [4.78, 5) is 2.46. The van der Waals surface area contributed by atoms with Gasteiger partial charge in [0.1, 0.15) is 0 Å². The van der Waals surface area contributed by atoms with Crippen molar-refractivity contribution < 1.29 is 8.42 Å². The Morgan fingerprint density at radius 3 is 2.67 bits per heavy atom. The van der Waals surface area contributed by atoms with Crippen molar-refractivity contribution in [2.24, 2.45) is 5.73 Å². The van der Waals surface area contributed by atoms with Crippen LogP contribution in [0.25, 0.3) is 0 Å². The number of benzene rings is 1. The van der Waals surface area contributed by atoms with E-state index in [9.17, 15) is 8.42 Å². The molecule has 1 aliphatic heterocycles. The van der Waals surface area contributed by atoms with Crippen LogP contribution in [0.3, 0.4) is 0 Å². The van der Waals surface area contributed by atoms with Crippen molar-refractivity contribution in [3.8, 4) is 0 Å². The predicted molar refractivity (Wildman–Crippen MR) is 73.8 cm³/mol. The van der Waals surface area contributed by atoms with Gasteiger partial charge in [-0.05, 0) is 17.5 Å². The van der Waals surface area contributed by atoms with Gasteiger partial charge in [0, 0.05) is 13.6 Å². The van der Waals surface area contributed by atoms with Crippen molar-refractivity contribution in [1.82, 2.24) is 0 Å². The van der Waals surface area contributed by atoms with Gasteiger partial charge in [0.25, 0.3) is 0 Å². The van der Waals surface area contributed by atoms with Crippen LogP contribution in [0.15, 0.2) is 23.1 Å². The fourth-order valence-corrected chi connectivity index (χ4v) is 4.39. The lowest BCUT2D eigenvalue weighted by Gasteiger charge is -2.37. The summed E-state index contributed by atoms with van der Waals surface area (Å²) in [5.74, 6) is 0.392. The first-order valence-electron chi connectivity index (χ1n) is 6.17. The molecular weight excluding hydrogens is 248 g/mol. The smallest absolute Gasteiger partial charge is 0.182 e. The van der Waals surface area contributed by atoms with Crippen molar-refractivity contribution in [3.05, 3.63) is 23.8 Å². The number of hydrogen-bond acceptors (Lipinski definition) is 4. The molecule has 2 rings (SSSR count). The minimum absolute atomic E-state index is 0.106. The maximum absolute atomic E-state index is 12.3. The topological polar surface area (TPSA) is 63.4 Å². The van der Waals surface area contributed by atoms with Crippen LogP contribution in [-0.2, 0) is 9.84 Å². The third kappa shape index (κ3) is 2.01. The Bertz CT molecular complexity index is 552. The second kappa shape index (κ2) is 4.55. The lowest BCUT2D eigenvalue weighted by atomic mass is 9.99. The fourth-order valence-electron chi connectivity index (χ4n) is 2.50. The molecule has 1 aromatic rings. The van der Waals surface area contributed by atoms with Gasteiger partial charge in [0.05, 0.1) is 22.4 Å². The average molecular weight is 268 g/mol. The van der Waals surface area contributed by atoms with Crippen LogP contribution in [0.4, 0.5) is 5.69 Å². The molecule has 1 aromatic carbocycles. The molecule has 4 nitrogen and oxygen atoms in total. The minimum atomic E-state index is -3.21. The van der Waals surface area contributed by atoms with Gasteiger partial charge in [0.15, 0.2) is 9.84 Å². The molecule has 0 saturated carbocycles. The normalized spacial score (nSPS) is 22.1. The van der Waals surface area contributed by atoms with Crippen LogP contribution in [0.5, 0.6) is 0 Å². The van der Waals surface area contributed by atoms with E-state index in [2.05, 4.69) is 13.8 Å². The van der Waals surface area contributed by atoms with Crippen molar-refractivity contribution in [2.45, 2.75) is 30.7 Å². The van der Waals surface area contributed by atoms with E-state index in [1.54, 1.807) is 6.07 Å². The molecule has 0 spiro atoms. The summed E-state index contributed by atoms with van der Waals surface area (Å²) in [6.07, 6.45) is 0. The Morgan fingerprint density at radius 1 is 1.44 bits per heavy atom. The first-order chi connectivity index (χ1) is 8.38. The number of fused-ring (bicyclic) bond motifs is 1. The summed E-state index contributed by atoms with van der Waals surface area (Å²) in [6, 6.07) is 5.37. The van der Waals surface area contributed by atoms with E-state index in [-0.39, 0.29) is 17.7 Å². The van der Waals surface area contributed by atoms with Crippen molar-refractivity contribution in [2.75, 3.05) is 24.2 Å². The number of hydrogen-bond donors (Lipinski definition) is 1. The van der Waals surface area contributed by atoms with Gasteiger partial charge in [-0.15, -0.1) is 0 Å². The number of anilines is 1. The summed E-state index contributed by atoms with van der Waals surface area (Å²) in [5.41, 5.74) is 7.59. The number of rotatable bonds is 2. The van der Waals surface area contributed by atoms with Gasteiger partial charge >= 0.3 is 0 Å². The van der Waals surface area contributed by atoms with E-state index in [1.807, 2.05) is 24.1 Å². The summed E-state index contributed by atoms with van der Waals surface area (Å²) < 4.78 is 24.6. The summed E-state index contributed by atoms with van der Waals surface area (Å²) in [6.45, 7) is 4.49. The molecule has 0 aliphatic carbocycles. The van der Waals surface area contributed by atoms with Crippen LogP contribution in [0, 0.1) is 0 Å². The molecule has 1 heterocycles. The Labute approximate surface area is 109 Å². The average Bonchev–Trinajstić information content (AvgIpc) is 2.33. The van der Waals surface area contributed by atoms with E-state index < -0.39 is 9.84 Å². The molecule has 0 amide bonds. The van der Waals surface area contributed by atoms with Crippen LogP contribution >= 0.6 is 0 Å². The van der Waals surface area contributed by atoms with Gasteiger partial charge in [-0.1, -0.05) is 26.0 Å². The largest absolute Gasteiger partial charge is 0.368 e. The zero-order valence-corrected chi connectivity index (χ0v) is 11.9. The molecule has 0 bridgehead atoms. The van der Waals surface area contributed by atoms with E-state index >= 15 is 0 Å². The maximum Gasteiger partial charge on any atom is 0.182 e. The molecule has 2 N–H and O–H groups in total. The maximum atomic E-state index is 12.3. The lowest BCUT2D eigenvalue weighted by Crippen LogP contribution is -2.47. The third-order valence-corrected chi connectivity index (χ3v) is 5.39. The SMILES string of the molecule is CC(C)c1cccc2c1N(C)C(CN)CS2(=O)=O. The molecule has 18 heavy (non-hydrogen) atoms. The summed E-state index contributed by atoms with van der Waals surface area (Å²) in [7, 11) is -1.29. The first kappa shape index (κ1) is 13.4. The number of nitrogens with zero attached hydrogens (tertiary/aromatic N) is 1. The summed E-state index contributed by atoms with van der Waals surface area (Å²) >= 11 is 0. The number of nitrogens with two attached hydrogens (primary N) is 1. The highest BCUT2D eigenvalue weighted by molar-refractivity contribution is 7.91. The molecule has 1 aliphatic rings. The molecule has 0 saturated heterocycles. The standard InChI is InChI=1S/C13H20N2O2S/c1-9(2)11-5-4-6-12-13(11)15(3)10(7-14)8-18(12,16)17/h4-6,9-10H,7-8,14H2,1-3H3. The van der Waals surface area contributed by atoms with E-state index in [4.69, 9.17) is 5.73 Å². The fraction of sp³-hybridized carbons (Fsp3) is 0.538. The number of para-hydroxylation sites is 1. The number of sulfone groups is 1. The van der Waals surface area contributed by atoms with Gasteiger partial charge in [0.2, 0.25) is 0 Å². The van der Waals surface area contributed by atoms with Crippen LogP contribution in [0.1, 0.15) is 25.3 Å². The van der Waals surface area contributed by atoms with Crippen molar-refractivity contribution in [3.63, 3.8) is 0 Å². The molecule has 1 unspecified atom stereocenters. The first-order valence-corrected chi connectivity index (χ1v) is 7.82. The number of likely N-dealkylation sites (N-methyl/N-ethyl adjacent to an activating group) is 1. The molecule has 1 atom stereocenters. The highest BCUT2D eigenvalue weighted by Gasteiger charge is 2.34. The van der Waals surface area contributed by atoms with Gasteiger partial charge in [-0.25, -0.2) is 8.42 Å². The highest BCUT2D eigenvalue weighted by Crippen LogP contribution is 2.38. The van der Waals surface area contributed by atoms with E-state index in [0.717, 1.165) is 11.3 Å². The molecular formula is C13H20N2O2S. The van der Waals surface area contributed by atoms with Crippen LogP contribution < -0.4 is 10.6 Å². The Balaban J connectivity index is 2.71. The van der Waals surface area contributed by atoms with Gasteiger partial charge in [-0.2, -0.15) is 0 Å². The van der Waals surface area contributed by atoms with Crippen LogP contribution in [-0.4, -0.2) is 33.8 Å². The highest BCUT2D eigenvalue weighted by atomic mass is 32.2. The Kier molecular flexibility index (Phi) is 3.38.